The van der Waals surface area contributed by atoms with Gasteiger partial charge in [0.05, 0.1) is 0 Å². The van der Waals surface area contributed by atoms with Gasteiger partial charge in [0.25, 0.3) is 0 Å². The summed E-state index contributed by atoms with van der Waals surface area (Å²) in [6.07, 6.45) is 3.40. The van der Waals surface area contributed by atoms with Crippen LogP contribution in [0.4, 0.5) is 4.79 Å². The highest BCUT2D eigenvalue weighted by Crippen LogP contribution is 2.21. The summed E-state index contributed by atoms with van der Waals surface area (Å²) in [4.78, 5) is 24.2. The number of nitrogens with one attached hydrogen (secondary N) is 2. The molecule has 0 aliphatic heterocycles. The predicted octanol–water partition coefficient (Wildman–Crippen LogP) is 4.31. The molecule has 6 heteroatoms. The molecule has 2 rings (SSSR count). The monoisotopic (exact) mass is 410 g/mol. The molecule has 0 spiro atoms. The number of alkyl carbamates (subject to hydrolysis) is 1. The Morgan fingerprint density at radius 2 is 1.70 bits per heavy atom. The number of rotatable bonds is 8. The molecular weight excluding hydrogens is 380 g/mol. The van der Waals surface area contributed by atoms with Gasteiger partial charge in [-0.2, -0.15) is 0 Å². The molecule has 1 unspecified atom stereocenters. The van der Waals surface area contributed by atoms with Crippen LogP contribution < -0.4 is 15.4 Å². The molecule has 1 atom stereocenters. The van der Waals surface area contributed by atoms with E-state index in [1.165, 1.54) is 7.05 Å². The molecule has 2 N–H and O–H groups in total. The Bertz CT molecular complexity index is 857. The highest BCUT2D eigenvalue weighted by atomic mass is 16.6. The Kier molecular flexibility index (Phi) is 8.47. The third-order valence-corrected chi connectivity index (χ3v) is 4.08. The molecule has 0 bridgehead atoms. The maximum Gasteiger partial charge on any atom is 0.408 e. The Balaban J connectivity index is 2.02. The molecule has 0 aliphatic rings. The van der Waals surface area contributed by atoms with Crippen molar-refractivity contribution < 1.29 is 19.1 Å². The summed E-state index contributed by atoms with van der Waals surface area (Å²) in [5, 5.41) is 5.18. The zero-order valence-electron chi connectivity index (χ0n) is 18.0. The van der Waals surface area contributed by atoms with Crippen LogP contribution >= 0.6 is 0 Å². The van der Waals surface area contributed by atoms with Gasteiger partial charge in [-0.05, 0) is 38.8 Å². The normalized spacial score (nSPS) is 12.3. The van der Waals surface area contributed by atoms with Crippen molar-refractivity contribution in [1.29, 1.82) is 0 Å². The van der Waals surface area contributed by atoms with Crippen molar-refractivity contribution in [2.24, 2.45) is 0 Å². The first kappa shape index (κ1) is 23.0. The standard InChI is InChI=1S/C24H30N2O4/c1-24(2,3)30-23(28)26-20(22(27)25-4)15-10-14-19-13-8-9-16-21(19)29-17-18-11-6-5-7-12-18/h5-14,16,20H,15,17H2,1-4H3,(H,25,27)(H,26,28). The minimum Gasteiger partial charge on any atom is -0.488 e. The predicted molar refractivity (Wildman–Crippen MR) is 118 cm³/mol. The van der Waals surface area contributed by atoms with Gasteiger partial charge in [-0.3, -0.25) is 4.79 Å². The molecule has 0 saturated heterocycles. The number of hydrogen-bond acceptors (Lipinski definition) is 4. The molecule has 0 fully saturated rings. The van der Waals surface area contributed by atoms with Gasteiger partial charge in [0, 0.05) is 12.6 Å². The molecule has 0 aliphatic carbocycles. The van der Waals surface area contributed by atoms with Gasteiger partial charge in [-0.25, -0.2) is 4.79 Å². The van der Waals surface area contributed by atoms with Crippen molar-refractivity contribution in [2.45, 2.75) is 45.4 Å². The van der Waals surface area contributed by atoms with Crippen LogP contribution in [-0.4, -0.2) is 30.7 Å². The molecule has 2 amide bonds. The van der Waals surface area contributed by atoms with Crippen LogP contribution in [0.15, 0.2) is 60.7 Å². The molecule has 6 nitrogen and oxygen atoms in total. The molecule has 2 aromatic carbocycles. The first-order valence-corrected chi connectivity index (χ1v) is 9.92. The zero-order chi connectivity index (χ0) is 22.0. The van der Waals surface area contributed by atoms with E-state index in [4.69, 9.17) is 9.47 Å². The van der Waals surface area contributed by atoms with E-state index in [9.17, 15) is 9.59 Å². The third kappa shape index (κ3) is 7.99. The second kappa shape index (κ2) is 11.0. The molecule has 0 radical (unpaired) electrons. The summed E-state index contributed by atoms with van der Waals surface area (Å²) in [5.41, 5.74) is 1.33. The largest absolute Gasteiger partial charge is 0.488 e. The van der Waals surface area contributed by atoms with Gasteiger partial charge in [0.1, 0.15) is 24.0 Å². The summed E-state index contributed by atoms with van der Waals surface area (Å²) < 4.78 is 11.2. The van der Waals surface area contributed by atoms with E-state index in [-0.39, 0.29) is 5.91 Å². The number of ether oxygens (including phenoxy) is 2. The fourth-order valence-electron chi connectivity index (χ4n) is 2.67. The van der Waals surface area contributed by atoms with E-state index in [1.807, 2.05) is 66.7 Å². The van der Waals surface area contributed by atoms with Crippen molar-refractivity contribution in [3.05, 3.63) is 71.8 Å². The average Bonchev–Trinajstić information content (AvgIpc) is 2.71. The molecule has 160 valence electrons. The minimum atomic E-state index is -0.738. The number of carbonyl (C=O) groups is 2. The van der Waals surface area contributed by atoms with Crippen molar-refractivity contribution >= 4 is 18.1 Å². The smallest absolute Gasteiger partial charge is 0.408 e. The lowest BCUT2D eigenvalue weighted by atomic mass is 10.1. The van der Waals surface area contributed by atoms with Gasteiger partial charge in [0.2, 0.25) is 5.91 Å². The van der Waals surface area contributed by atoms with Gasteiger partial charge < -0.3 is 20.1 Å². The number of carbonyl (C=O) groups excluding carboxylic acids is 2. The van der Waals surface area contributed by atoms with Gasteiger partial charge in [-0.1, -0.05) is 60.7 Å². The third-order valence-electron chi connectivity index (χ3n) is 4.08. The summed E-state index contributed by atoms with van der Waals surface area (Å²) in [6.45, 7) is 5.78. The number of likely N-dealkylation sites (N-methyl/N-ethyl adjacent to an activating group) is 1. The first-order chi connectivity index (χ1) is 14.3. The van der Waals surface area contributed by atoms with Crippen molar-refractivity contribution in [3.8, 4) is 5.75 Å². The van der Waals surface area contributed by atoms with Crippen LogP contribution in [0.2, 0.25) is 0 Å². The number of benzene rings is 2. The Hall–Kier alpha value is -3.28. The number of para-hydroxylation sites is 1. The Morgan fingerprint density at radius 3 is 2.37 bits per heavy atom. The highest BCUT2D eigenvalue weighted by molar-refractivity contribution is 5.85. The fraction of sp³-hybridized carbons (Fsp3) is 0.333. The summed E-state index contributed by atoms with van der Waals surface area (Å²) in [5.74, 6) is 0.452. The van der Waals surface area contributed by atoms with Crippen LogP contribution in [-0.2, 0) is 16.1 Å². The fourth-order valence-corrected chi connectivity index (χ4v) is 2.67. The van der Waals surface area contributed by atoms with Crippen LogP contribution in [0.1, 0.15) is 38.3 Å². The van der Waals surface area contributed by atoms with E-state index < -0.39 is 17.7 Å². The molecular formula is C24H30N2O4. The van der Waals surface area contributed by atoms with Crippen molar-refractivity contribution in [3.63, 3.8) is 0 Å². The molecule has 0 aromatic heterocycles. The number of amides is 2. The lowest BCUT2D eigenvalue weighted by Crippen LogP contribution is -2.47. The van der Waals surface area contributed by atoms with E-state index in [1.54, 1.807) is 20.8 Å². The Labute approximate surface area is 178 Å². The van der Waals surface area contributed by atoms with Gasteiger partial charge in [0.15, 0.2) is 0 Å². The lowest BCUT2D eigenvalue weighted by Gasteiger charge is -2.22. The summed E-state index contributed by atoms with van der Waals surface area (Å²) in [7, 11) is 1.53. The van der Waals surface area contributed by atoms with E-state index in [2.05, 4.69) is 10.6 Å². The maximum absolute atomic E-state index is 12.1. The zero-order valence-corrected chi connectivity index (χ0v) is 18.0. The van der Waals surface area contributed by atoms with E-state index >= 15 is 0 Å². The van der Waals surface area contributed by atoms with Crippen LogP contribution in [0.3, 0.4) is 0 Å². The lowest BCUT2D eigenvalue weighted by molar-refractivity contribution is -0.122. The molecule has 30 heavy (non-hydrogen) atoms. The van der Waals surface area contributed by atoms with E-state index in [0.717, 1.165) is 16.9 Å². The molecule has 0 saturated carbocycles. The first-order valence-electron chi connectivity index (χ1n) is 9.92. The highest BCUT2D eigenvalue weighted by Gasteiger charge is 2.22. The molecule has 2 aromatic rings. The second-order valence-corrected chi connectivity index (χ2v) is 7.76. The molecule has 0 heterocycles. The van der Waals surface area contributed by atoms with Gasteiger partial charge in [-0.15, -0.1) is 0 Å². The Morgan fingerprint density at radius 1 is 1.03 bits per heavy atom. The maximum atomic E-state index is 12.1. The van der Waals surface area contributed by atoms with Crippen LogP contribution in [0.25, 0.3) is 6.08 Å². The van der Waals surface area contributed by atoms with E-state index in [0.29, 0.717) is 13.0 Å². The van der Waals surface area contributed by atoms with Crippen LogP contribution in [0.5, 0.6) is 5.75 Å². The summed E-state index contributed by atoms with van der Waals surface area (Å²) >= 11 is 0. The van der Waals surface area contributed by atoms with Crippen LogP contribution in [0, 0.1) is 0 Å². The second-order valence-electron chi connectivity index (χ2n) is 7.76. The summed E-state index contributed by atoms with van der Waals surface area (Å²) in [6, 6.07) is 16.9. The average molecular weight is 411 g/mol. The quantitative estimate of drug-likeness (QED) is 0.680. The topological polar surface area (TPSA) is 76.7 Å². The van der Waals surface area contributed by atoms with Gasteiger partial charge >= 0.3 is 6.09 Å². The van der Waals surface area contributed by atoms with Crippen molar-refractivity contribution in [2.75, 3.05) is 7.05 Å². The minimum absolute atomic E-state index is 0.292. The van der Waals surface area contributed by atoms with Crippen molar-refractivity contribution in [1.82, 2.24) is 10.6 Å². The SMILES string of the molecule is CNC(=O)C(CC=Cc1ccccc1OCc1ccccc1)NC(=O)OC(C)(C)C. The number of hydrogen-bond donors (Lipinski definition) is 2.